The van der Waals surface area contributed by atoms with Crippen LogP contribution in [0.5, 0.6) is 5.75 Å². The number of nitrogens with zero attached hydrogens (tertiary/aromatic N) is 1. The van der Waals surface area contributed by atoms with Gasteiger partial charge in [0.25, 0.3) is 6.43 Å². The number of likely N-dealkylation sites (N-methyl/N-ethyl adjacent to an activating group) is 1. The first kappa shape index (κ1) is 21.0. The van der Waals surface area contributed by atoms with Gasteiger partial charge in [0.05, 0.1) is 22.0 Å². The van der Waals surface area contributed by atoms with E-state index < -0.39 is 24.7 Å². The number of hydrogen-bond donors (Lipinski definition) is 0. The molecule has 1 aliphatic rings. The monoisotopic (exact) mass is 423 g/mol. The summed E-state index contributed by atoms with van der Waals surface area (Å²) < 4.78 is 59.5. The van der Waals surface area contributed by atoms with Crippen LogP contribution in [0.3, 0.4) is 0 Å². The number of ether oxygens (including phenoxy) is 1. The van der Waals surface area contributed by atoms with E-state index in [2.05, 4.69) is 6.58 Å². The first-order valence-electron chi connectivity index (χ1n) is 8.87. The highest BCUT2D eigenvalue weighted by atomic mass is 35.5. The van der Waals surface area contributed by atoms with Gasteiger partial charge in [-0.3, -0.25) is 0 Å². The van der Waals surface area contributed by atoms with E-state index in [0.717, 1.165) is 12.1 Å². The van der Waals surface area contributed by atoms with Crippen molar-refractivity contribution in [2.75, 3.05) is 13.2 Å². The molecule has 0 N–H and O–H groups in total. The SMILES string of the molecule is C=C1C(Cl)=CC(c2ccccc2)=C(c2c(F)cc(OCC(F)F)cc2F)N1CC. The number of allylic oxidation sites excluding steroid dienone is 3. The van der Waals surface area contributed by atoms with E-state index in [4.69, 9.17) is 16.3 Å². The van der Waals surface area contributed by atoms with Crippen molar-refractivity contribution in [3.8, 4) is 5.75 Å². The zero-order valence-corrected chi connectivity index (χ0v) is 16.3. The standard InChI is InChI=1S/C22H18ClF4NO/c1-3-28-13(2)17(23)11-16(14-7-5-4-6-8-14)22(28)21-18(24)9-15(10-19(21)25)29-12-20(26)27/h4-11,20H,2-3,12H2,1H3. The van der Waals surface area contributed by atoms with Crippen LogP contribution in [-0.2, 0) is 0 Å². The molecule has 2 aromatic carbocycles. The molecule has 3 rings (SSSR count). The van der Waals surface area contributed by atoms with Crippen molar-refractivity contribution in [2.24, 2.45) is 0 Å². The Balaban J connectivity index is 2.22. The Bertz CT molecular complexity index is 963. The molecule has 0 radical (unpaired) electrons. The fourth-order valence-electron chi connectivity index (χ4n) is 3.16. The average Bonchev–Trinajstić information content (AvgIpc) is 2.69. The molecule has 152 valence electrons. The van der Waals surface area contributed by atoms with Gasteiger partial charge < -0.3 is 9.64 Å². The molecule has 29 heavy (non-hydrogen) atoms. The van der Waals surface area contributed by atoms with E-state index in [-0.39, 0.29) is 17.0 Å². The molecule has 2 nitrogen and oxygen atoms in total. The summed E-state index contributed by atoms with van der Waals surface area (Å²) >= 11 is 6.32. The van der Waals surface area contributed by atoms with Crippen molar-refractivity contribution < 1.29 is 22.3 Å². The van der Waals surface area contributed by atoms with Gasteiger partial charge in [-0.1, -0.05) is 48.5 Å². The second-order valence-electron chi connectivity index (χ2n) is 6.28. The van der Waals surface area contributed by atoms with Gasteiger partial charge >= 0.3 is 0 Å². The van der Waals surface area contributed by atoms with E-state index in [9.17, 15) is 17.6 Å². The molecule has 0 bridgehead atoms. The van der Waals surface area contributed by atoms with E-state index >= 15 is 0 Å². The van der Waals surface area contributed by atoms with Crippen molar-refractivity contribution in [1.82, 2.24) is 4.90 Å². The van der Waals surface area contributed by atoms with Gasteiger partial charge in [-0.15, -0.1) is 0 Å². The minimum Gasteiger partial charge on any atom is -0.487 e. The average molecular weight is 424 g/mol. The van der Waals surface area contributed by atoms with Crippen LogP contribution in [0, 0.1) is 11.6 Å². The van der Waals surface area contributed by atoms with Gasteiger partial charge in [0.15, 0.2) is 0 Å². The third-order valence-electron chi connectivity index (χ3n) is 4.43. The Morgan fingerprint density at radius 1 is 1.10 bits per heavy atom. The van der Waals surface area contributed by atoms with Crippen LogP contribution in [0.4, 0.5) is 17.6 Å². The molecule has 0 fully saturated rings. The number of rotatable bonds is 6. The maximum Gasteiger partial charge on any atom is 0.272 e. The maximum absolute atomic E-state index is 15.0. The number of alkyl halides is 2. The fraction of sp³-hybridized carbons (Fsp3) is 0.182. The Labute approximate surface area is 171 Å². The lowest BCUT2D eigenvalue weighted by Crippen LogP contribution is -2.26. The van der Waals surface area contributed by atoms with Crippen LogP contribution < -0.4 is 4.74 Å². The summed E-state index contributed by atoms with van der Waals surface area (Å²) in [5.74, 6) is -2.18. The first-order valence-corrected chi connectivity index (χ1v) is 9.25. The van der Waals surface area contributed by atoms with Gasteiger partial charge in [-0.05, 0) is 18.6 Å². The number of halogens is 5. The van der Waals surface area contributed by atoms with E-state index in [0.29, 0.717) is 28.4 Å². The lowest BCUT2D eigenvalue weighted by molar-refractivity contribution is 0.0815. The highest BCUT2D eigenvalue weighted by molar-refractivity contribution is 6.33. The molecule has 0 saturated heterocycles. The molecule has 0 amide bonds. The minimum absolute atomic E-state index is 0.253. The normalized spacial score (nSPS) is 14.5. The highest BCUT2D eigenvalue weighted by Gasteiger charge is 2.29. The van der Waals surface area contributed by atoms with E-state index in [1.807, 2.05) is 6.07 Å². The lowest BCUT2D eigenvalue weighted by atomic mass is 9.94. The lowest BCUT2D eigenvalue weighted by Gasteiger charge is -2.34. The summed E-state index contributed by atoms with van der Waals surface area (Å²) in [6.07, 6.45) is -1.14. The van der Waals surface area contributed by atoms with Crippen LogP contribution in [0.1, 0.15) is 18.1 Å². The molecule has 0 saturated carbocycles. The summed E-state index contributed by atoms with van der Waals surface area (Å²) in [6.45, 7) is 5.13. The summed E-state index contributed by atoms with van der Waals surface area (Å²) in [7, 11) is 0. The van der Waals surface area contributed by atoms with Crippen LogP contribution in [-0.4, -0.2) is 24.5 Å². The Morgan fingerprint density at radius 3 is 2.28 bits per heavy atom. The zero-order chi connectivity index (χ0) is 21.1. The van der Waals surface area contributed by atoms with Crippen molar-refractivity contribution >= 4 is 22.9 Å². The van der Waals surface area contributed by atoms with Gasteiger partial charge in [0, 0.05) is 24.3 Å². The van der Waals surface area contributed by atoms with Crippen molar-refractivity contribution in [1.29, 1.82) is 0 Å². The third kappa shape index (κ3) is 4.32. The van der Waals surface area contributed by atoms with Crippen LogP contribution >= 0.6 is 11.6 Å². The van der Waals surface area contributed by atoms with E-state index in [1.165, 1.54) is 0 Å². The summed E-state index contributed by atoms with van der Waals surface area (Å²) in [5.41, 5.74) is 1.58. The second kappa shape index (κ2) is 8.74. The van der Waals surface area contributed by atoms with Gasteiger partial charge in [-0.25, -0.2) is 17.6 Å². The molecule has 1 aliphatic heterocycles. The molecule has 7 heteroatoms. The largest absolute Gasteiger partial charge is 0.487 e. The van der Waals surface area contributed by atoms with Crippen LogP contribution in [0.2, 0.25) is 0 Å². The first-order chi connectivity index (χ1) is 13.8. The fourth-order valence-corrected chi connectivity index (χ4v) is 3.37. The molecule has 0 aromatic heterocycles. The highest BCUT2D eigenvalue weighted by Crippen LogP contribution is 2.42. The molecule has 1 heterocycles. The molecule has 2 aromatic rings. The second-order valence-corrected chi connectivity index (χ2v) is 6.68. The molecule has 0 unspecified atom stereocenters. The summed E-state index contributed by atoms with van der Waals surface area (Å²) in [5, 5.41) is 0.354. The van der Waals surface area contributed by atoms with Crippen molar-refractivity contribution in [2.45, 2.75) is 13.3 Å². The van der Waals surface area contributed by atoms with Gasteiger partial charge in [0.2, 0.25) is 0 Å². The topological polar surface area (TPSA) is 12.5 Å². The summed E-state index contributed by atoms with van der Waals surface area (Å²) in [4.78, 5) is 1.62. The van der Waals surface area contributed by atoms with Crippen LogP contribution in [0.25, 0.3) is 11.3 Å². The van der Waals surface area contributed by atoms with Gasteiger partial charge in [-0.2, -0.15) is 0 Å². The Hall–Kier alpha value is -2.73. The quantitative estimate of drug-likeness (QED) is 0.495. The van der Waals surface area contributed by atoms with E-state index in [1.54, 1.807) is 42.2 Å². The molecule has 0 spiro atoms. The Kier molecular flexibility index (Phi) is 6.33. The number of benzene rings is 2. The smallest absolute Gasteiger partial charge is 0.272 e. The van der Waals surface area contributed by atoms with Gasteiger partial charge in [0.1, 0.15) is 24.0 Å². The summed E-state index contributed by atoms with van der Waals surface area (Å²) in [6, 6.07) is 10.8. The third-order valence-corrected chi connectivity index (χ3v) is 4.75. The van der Waals surface area contributed by atoms with Crippen molar-refractivity contribution in [3.05, 3.63) is 88.6 Å². The molecular formula is C22H18ClF4NO. The minimum atomic E-state index is -2.75. The molecule has 0 aliphatic carbocycles. The predicted octanol–water partition coefficient (Wildman–Crippen LogP) is 6.45. The van der Waals surface area contributed by atoms with Crippen LogP contribution in [0.15, 0.2) is 65.8 Å². The Morgan fingerprint density at radius 2 is 1.72 bits per heavy atom. The maximum atomic E-state index is 15.0. The molecule has 0 atom stereocenters. The predicted molar refractivity (Wildman–Crippen MR) is 107 cm³/mol. The van der Waals surface area contributed by atoms with Crippen molar-refractivity contribution in [3.63, 3.8) is 0 Å². The molecular weight excluding hydrogens is 406 g/mol. The number of hydrogen-bond acceptors (Lipinski definition) is 2. The zero-order valence-electron chi connectivity index (χ0n) is 15.6.